The number of benzene rings is 2. The van der Waals surface area contributed by atoms with Crippen LogP contribution in [0.1, 0.15) is 10.4 Å². The molecule has 0 saturated carbocycles. The van der Waals surface area contributed by atoms with Crippen LogP contribution in [-0.2, 0) is 0 Å². The lowest BCUT2D eigenvalue weighted by atomic mass is 10.1. The molecule has 3 N–H and O–H groups in total. The quantitative estimate of drug-likeness (QED) is 0.637. The van der Waals surface area contributed by atoms with Crippen molar-refractivity contribution in [1.82, 2.24) is 4.98 Å². The van der Waals surface area contributed by atoms with Gasteiger partial charge in [-0.3, -0.25) is 9.59 Å². The summed E-state index contributed by atoms with van der Waals surface area (Å²) in [6.45, 7) is 0. The van der Waals surface area contributed by atoms with Crippen molar-refractivity contribution in [2.24, 2.45) is 0 Å². The van der Waals surface area contributed by atoms with Gasteiger partial charge in [0.25, 0.3) is 11.5 Å². The number of rotatable bonds is 5. The number of methoxy groups -OCH3 is 3. The first-order valence-corrected chi connectivity index (χ1v) is 7.95. The second-order valence-electron chi connectivity index (χ2n) is 5.62. The number of anilines is 1. The third-order valence-corrected chi connectivity index (χ3v) is 4.05. The van der Waals surface area contributed by atoms with Gasteiger partial charge in [0.15, 0.2) is 11.5 Å². The molecule has 1 amide bonds. The van der Waals surface area contributed by atoms with Gasteiger partial charge in [-0.25, -0.2) is 0 Å². The molecule has 8 heteroatoms. The minimum Gasteiger partial charge on any atom is -0.506 e. The number of hydrogen-bond donors (Lipinski definition) is 3. The Balaban J connectivity index is 2.08. The van der Waals surface area contributed by atoms with E-state index in [0.717, 1.165) is 0 Å². The molecular formula is C19H18N2O6. The van der Waals surface area contributed by atoms with E-state index in [1.807, 2.05) is 0 Å². The molecule has 0 fully saturated rings. The van der Waals surface area contributed by atoms with Crippen molar-refractivity contribution in [3.05, 3.63) is 52.3 Å². The van der Waals surface area contributed by atoms with E-state index in [9.17, 15) is 14.7 Å². The summed E-state index contributed by atoms with van der Waals surface area (Å²) >= 11 is 0. The topological polar surface area (TPSA) is 110 Å². The van der Waals surface area contributed by atoms with Gasteiger partial charge in [0.2, 0.25) is 0 Å². The summed E-state index contributed by atoms with van der Waals surface area (Å²) in [4.78, 5) is 27.6. The van der Waals surface area contributed by atoms with Crippen molar-refractivity contribution in [3.63, 3.8) is 0 Å². The second-order valence-corrected chi connectivity index (χ2v) is 5.62. The van der Waals surface area contributed by atoms with Gasteiger partial charge in [-0.1, -0.05) is 6.07 Å². The molecule has 0 saturated heterocycles. The Hall–Kier alpha value is -3.68. The summed E-state index contributed by atoms with van der Waals surface area (Å²) in [6, 6.07) is 9.64. The lowest BCUT2D eigenvalue weighted by Gasteiger charge is -2.12. The molecule has 1 heterocycles. The highest BCUT2D eigenvalue weighted by Gasteiger charge is 2.21. The zero-order valence-electron chi connectivity index (χ0n) is 15.0. The summed E-state index contributed by atoms with van der Waals surface area (Å²) in [5.74, 6) is 0.0789. The fraction of sp³-hybridized carbons (Fsp3) is 0.158. The number of H-pyrrole nitrogens is 1. The fourth-order valence-corrected chi connectivity index (χ4v) is 2.71. The third-order valence-electron chi connectivity index (χ3n) is 4.05. The molecule has 0 aliphatic carbocycles. The standard InChI is InChI=1S/C19H18N2O6/c1-25-11-6-4-5-10(7-11)20-18(23)16-17(22)12-8-14(26-2)15(27-3)9-13(12)21-19(16)24/h4-9H,1-3H3,(H,20,23)(H2,21,22,24). The minimum absolute atomic E-state index is 0.253. The van der Waals surface area contributed by atoms with Crippen molar-refractivity contribution in [1.29, 1.82) is 0 Å². The Morgan fingerprint density at radius 2 is 1.74 bits per heavy atom. The molecule has 3 rings (SSSR count). The van der Waals surface area contributed by atoms with Crippen molar-refractivity contribution in [2.45, 2.75) is 0 Å². The number of pyridine rings is 1. The number of carbonyl (C=O) groups is 1. The van der Waals surface area contributed by atoms with Crippen molar-refractivity contribution in [3.8, 4) is 23.0 Å². The maximum absolute atomic E-state index is 12.6. The molecular weight excluding hydrogens is 352 g/mol. The van der Waals surface area contributed by atoms with Crippen LogP contribution in [0.4, 0.5) is 5.69 Å². The molecule has 8 nitrogen and oxygen atoms in total. The van der Waals surface area contributed by atoms with Crippen LogP contribution < -0.4 is 25.1 Å². The van der Waals surface area contributed by atoms with Gasteiger partial charge >= 0.3 is 0 Å². The Bertz CT molecular complexity index is 1070. The van der Waals surface area contributed by atoms with Gasteiger partial charge in [0, 0.05) is 23.2 Å². The van der Waals surface area contributed by atoms with Crippen LogP contribution in [0.2, 0.25) is 0 Å². The van der Waals surface area contributed by atoms with Crippen molar-refractivity contribution in [2.75, 3.05) is 26.6 Å². The zero-order valence-corrected chi connectivity index (χ0v) is 15.0. The average molecular weight is 370 g/mol. The van der Waals surface area contributed by atoms with Crippen LogP contribution in [-0.4, -0.2) is 37.3 Å². The predicted octanol–water partition coefficient (Wildman–Crippen LogP) is 2.51. The smallest absolute Gasteiger partial charge is 0.265 e. The SMILES string of the molecule is COc1cccc(NC(=O)c2c(O)c3cc(OC)c(OC)cc3[nH]c2=O)c1. The molecule has 27 heavy (non-hydrogen) atoms. The van der Waals surface area contributed by atoms with Crippen LogP contribution in [0, 0.1) is 0 Å². The van der Waals surface area contributed by atoms with Gasteiger partial charge in [0.1, 0.15) is 17.1 Å². The first kappa shape index (κ1) is 18.1. The van der Waals surface area contributed by atoms with E-state index < -0.39 is 22.8 Å². The maximum atomic E-state index is 12.6. The number of hydrogen-bond acceptors (Lipinski definition) is 6. The largest absolute Gasteiger partial charge is 0.506 e. The third kappa shape index (κ3) is 3.37. The molecule has 0 atom stereocenters. The molecule has 3 aromatic rings. The van der Waals surface area contributed by atoms with Gasteiger partial charge < -0.3 is 29.6 Å². The summed E-state index contributed by atoms with van der Waals surface area (Å²) in [5, 5.41) is 13.4. The second kappa shape index (κ2) is 7.28. The van der Waals surface area contributed by atoms with E-state index >= 15 is 0 Å². The first-order chi connectivity index (χ1) is 13.0. The number of nitrogens with one attached hydrogen (secondary N) is 2. The normalized spacial score (nSPS) is 10.5. The van der Waals surface area contributed by atoms with E-state index in [2.05, 4.69) is 10.3 Å². The lowest BCUT2D eigenvalue weighted by molar-refractivity contribution is 0.102. The summed E-state index contributed by atoms with van der Waals surface area (Å²) in [6.07, 6.45) is 0. The van der Waals surface area contributed by atoms with Gasteiger partial charge in [-0.05, 0) is 18.2 Å². The van der Waals surface area contributed by atoms with Gasteiger partial charge in [-0.2, -0.15) is 0 Å². The Morgan fingerprint density at radius 3 is 2.41 bits per heavy atom. The minimum atomic E-state index is -0.751. The highest BCUT2D eigenvalue weighted by atomic mass is 16.5. The van der Waals surface area contributed by atoms with Crippen molar-refractivity contribution < 1.29 is 24.1 Å². The molecule has 0 spiro atoms. The first-order valence-electron chi connectivity index (χ1n) is 7.95. The number of amides is 1. The van der Waals surface area contributed by atoms with Crippen LogP contribution in [0.25, 0.3) is 10.9 Å². The summed E-state index contributed by atoms with van der Waals surface area (Å²) < 4.78 is 15.5. The fourth-order valence-electron chi connectivity index (χ4n) is 2.71. The molecule has 0 aliphatic heterocycles. The molecule has 0 aliphatic rings. The van der Waals surface area contributed by atoms with Gasteiger partial charge in [0.05, 0.1) is 26.8 Å². The summed E-state index contributed by atoms with van der Waals surface area (Å²) in [7, 11) is 4.41. The van der Waals surface area contributed by atoms with Crippen LogP contribution in [0.15, 0.2) is 41.2 Å². The number of aromatic hydroxyl groups is 1. The maximum Gasteiger partial charge on any atom is 0.265 e. The van der Waals surface area contributed by atoms with Crippen LogP contribution in [0.5, 0.6) is 23.0 Å². The average Bonchev–Trinajstić information content (AvgIpc) is 2.67. The molecule has 2 aromatic carbocycles. The molecule has 140 valence electrons. The molecule has 0 bridgehead atoms. The van der Waals surface area contributed by atoms with Gasteiger partial charge in [-0.15, -0.1) is 0 Å². The Labute approximate surface area is 154 Å². The monoisotopic (exact) mass is 370 g/mol. The summed E-state index contributed by atoms with van der Waals surface area (Å²) in [5.41, 5.74) is -0.399. The number of aromatic nitrogens is 1. The molecule has 0 unspecified atom stereocenters. The number of ether oxygens (including phenoxy) is 3. The molecule has 0 radical (unpaired) electrons. The van der Waals surface area contributed by atoms with Crippen molar-refractivity contribution >= 4 is 22.5 Å². The van der Waals surface area contributed by atoms with E-state index in [0.29, 0.717) is 28.5 Å². The van der Waals surface area contributed by atoms with E-state index in [-0.39, 0.29) is 5.39 Å². The lowest BCUT2D eigenvalue weighted by Crippen LogP contribution is -2.23. The highest BCUT2D eigenvalue weighted by Crippen LogP contribution is 2.35. The Kier molecular flexibility index (Phi) is 4.89. The molecule has 1 aromatic heterocycles. The number of fused-ring (bicyclic) bond motifs is 1. The number of carbonyl (C=O) groups excluding carboxylic acids is 1. The van der Waals surface area contributed by atoms with E-state index in [1.165, 1.54) is 33.5 Å². The van der Waals surface area contributed by atoms with Crippen LogP contribution >= 0.6 is 0 Å². The van der Waals surface area contributed by atoms with E-state index in [1.54, 1.807) is 24.3 Å². The zero-order chi connectivity index (χ0) is 19.6. The van der Waals surface area contributed by atoms with Crippen LogP contribution in [0.3, 0.4) is 0 Å². The number of aromatic amines is 1. The predicted molar refractivity (Wildman–Crippen MR) is 100 cm³/mol. The Morgan fingerprint density at radius 1 is 1.04 bits per heavy atom. The highest BCUT2D eigenvalue weighted by molar-refractivity contribution is 6.09. The van der Waals surface area contributed by atoms with E-state index in [4.69, 9.17) is 14.2 Å².